The van der Waals surface area contributed by atoms with Crippen LogP contribution < -0.4 is 16.8 Å². The van der Waals surface area contributed by atoms with Crippen molar-refractivity contribution in [3.63, 3.8) is 0 Å². The van der Waals surface area contributed by atoms with E-state index in [0.29, 0.717) is 16.3 Å². The molecule has 6 N–H and O–H groups in total. The van der Waals surface area contributed by atoms with Gasteiger partial charge in [0.1, 0.15) is 11.6 Å². The zero-order valence-electron chi connectivity index (χ0n) is 17.7. The average Bonchev–Trinajstić information content (AvgIpc) is 3.15. The van der Waals surface area contributed by atoms with Crippen molar-refractivity contribution in [1.82, 2.24) is 9.61 Å². The van der Waals surface area contributed by atoms with E-state index in [9.17, 15) is 5.11 Å². The minimum Gasteiger partial charge on any atom is -0.508 e. The van der Waals surface area contributed by atoms with Crippen LogP contribution in [-0.4, -0.2) is 32.1 Å². The van der Waals surface area contributed by atoms with Gasteiger partial charge in [-0.05, 0) is 53.9 Å². The highest BCUT2D eigenvalue weighted by Gasteiger charge is 2.49. The monoisotopic (exact) mass is 504 g/mol. The third kappa shape index (κ3) is 3.88. The standard InChI is InChI=1S/C22H26BrClN6O/c1-21(2)18(6-7-22(21,3)26)29-19-14(10-27-30-11-12(23)8-17(19)30)20(25)28-16-5-4-13(31)9-15(16)24/h4-5,8-11,18,29,31H,6-7,26H2,1-3H3,(H2,25,28)/t18?,22-/m0/s1. The van der Waals surface area contributed by atoms with E-state index in [2.05, 4.69) is 52.1 Å². The highest BCUT2D eigenvalue weighted by molar-refractivity contribution is 9.10. The van der Waals surface area contributed by atoms with Gasteiger partial charge in [0, 0.05) is 33.7 Å². The number of aliphatic imine (C=N–C) groups is 1. The number of phenols is 1. The highest BCUT2D eigenvalue weighted by atomic mass is 79.9. The Morgan fingerprint density at radius 1 is 1.35 bits per heavy atom. The number of hydrogen-bond acceptors (Lipinski definition) is 5. The third-order valence-corrected chi connectivity index (χ3v) is 7.40. The second-order valence-electron chi connectivity index (χ2n) is 8.93. The van der Waals surface area contributed by atoms with Crippen LogP contribution in [-0.2, 0) is 0 Å². The second kappa shape index (κ2) is 7.69. The van der Waals surface area contributed by atoms with E-state index < -0.39 is 0 Å². The van der Waals surface area contributed by atoms with Crippen LogP contribution in [0.1, 0.15) is 39.2 Å². The Labute approximate surface area is 194 Å². The van der Waals surface area contributed by atoms with Crippen LogP contribution in [0.2, 0.25) is 5.02 Å². The number of hydrogen-bond donors (Lipinski definition) is 4. The molecule has 2 heterocycles. The Kier molecular flexibility index (Phi) is 5.44. The summed E-state index contributed by atoms with van der Waals surface area (Å²) in [6.45, 7) is 6.49. The molecule has 0 aliphatic heterocycles. The molecule has 0 amide bonds. The molecule has 164 valence electrons. The van der Waals surface area contributed by atoms with Crippen molar-refractivity contribution in [1.29, 1.82) is 0 Å². The van der Waals surface area contributed by atoms with Crippen molar-refractivity contribution in [3.05, 3.63) is 51.7 Å². The van der Waals surface area contributed by atoms with Gasteiger partial charge in [0.15, 0.2) is 0 Å². The molecule has 3 aromatic rings. The summed E-state index contributed by atoms with van der Waals surface area (Å²) >= 11 is 9.76. The van der Waals surface area contributed by atoms with Gasteiger partial charge < -0.3 is 21.9 Å². The lowest BCUT2D eigenvalue weighted by molar-refractivity contribution is 0.215. The summed E-state index contributed by atoms with van der Waals surface area (Å²) in [6.07, 6.45) is 5.45. The first-order chi connectivity index (χ1) is 14.5. The zero-order chi connectivity index (χ0) is 22.6. The maximum absolute atomic E-state index is 9.60. The van der Waals surface area contributed by atoms with Crippen LogP contribution in [0.15, 0.2) is 46.1 Å². The van der Waals surface area contributed by atoms with Crippen LogP contribution >= 0.6 is 27.5 Å². The summed E-state index contributed by atoms with van der Waals surface area (Å²) in [5.74, 6) is 0.341. The van der Waals surface area contributed by atoms with Crippen LogP contribution in [0.3, 0.4) is 0 Å². The minimum absolute atomic E-state index is 0.0688. The fourth-order valence-electron chi connectivity index (χ4n) is 4.10. The highest BCUT2D eigenvalue weighted by Crippen LogP contribution is 2.46. The fraction of sp³-hybridized carbons (Fsp3) is 0.364. The Morgan fingerprint density at radius 3 is 2.74 bits per heavy atom. The van der Waals surface area contributed by atoms with Gasteiger partial charge in [-0.3, -0.25) is 0 Å². The van der Waals surface area contributed by atoms with Gasteiger partial charge in [-0.25, -0.2) is 9.51 Å². The lowest BCUT2D eigenvalue weighted by Crippen LogP contribution is -2.51. The van der Waals surface area contributed by atoms with Crippen molar-refractivity contribution in [2.75, 3.05) is 5.32 Å². The summed E-state index contributed by atoms with van der Waals surface area (Å²) in [7, 11) is 0. The minimum atomic E-state index is -0.282. The number of benzene rings is 1. The maximum atomic E-state index is 9.60. The average molecular weight is 506 g/mol. The normalized spacial score (nSPS) is 23.4. The molecule has 1 aliphatic carbocycles. The number of phenolic OH excluding ortho intramolecular Hbond substituents is 1. The lowest BCUT2D eigenvalue weighted by Gasteiger charge is -2.39. The molecule has 0 spiro atoms. The summed E-state index contributed by atoms with van der Waals surface area (Å²) in [6, 6.07) is 6.71. The number of aromatic hydroxyl groups is 1. The number of fused-ring (bicyclic) bond motifs is 1. The van der Waals surface area contributed by atoms with Gasteiger partial charge in [-0.2, -0.15) is 5.10 Å². The molecule has 2 aromatic heterocycles. The number of nitrogens with one attached hydrogen (secondary N) is 1. The molecular weight excluding hydrogens is 480 g/mol. The van der Waals surface area contributed by atoms with Crippen LogP contribution in [0, 0.1) is 5.41 Å². The number of rotatable bonds is 4. The van der Waals surface area contributed by atoms with Crippen molar-refractivity contribution in [3.8, 4) is 5.75 Å². The first-order valence-corrected chi connectivity index (χ1v) is 11.2. The van der Waals surface area contributed by atoms with E-state index in [-0.39, 0.29) is 28.6 Å². The first kappa shape index (κ1) is 21.9. The molecule has 1 aliphatic rings. The van der Waals surface area contributed by atoms with Gasteiger partial charge in [0.05, 0.1) is 33.7 Å². The smallest absolute Gasteiger partial charge is 0.135 e. The van der Waals surface area contributed by atoms with E-state index >= 15 is 0 Å². The molecule has 9 heteroatoms. The van der Waals surface area contributed by atoms with E-state index in [0.717, 1.165) is 28.5 Å². The zero-order valence-corrected chi connectivity index (χ0v) is 20.0. The number of anilines is 1. The Bertz CT molecular complexity index is 1190. The number of halogens is 2. The summed E-state index contributed by atoms with van der Waals surface area (Å²) in [5, 5.41) is 18.1. The van der Waals surface area contributed by atoms with Crippen molar-refractivity contribution in [2.45, 2.75) is 45.2 Å². The van der Waals surface area contributed by atoms with E-state index in [1.54, 1.807) is 16.8 Å². The molecule has 31 heavy (non-hydrogen) atoms. The van der Waals surface area contributed by atoms with Gasteiger partial charge in [-0.1, -0.05) is 25.4 Å². The van der Waals surface area contributed by atoms with Gasteiger partial charge in [0.25, 0.3) is 0 Å². The van der Waals surface area contributed by atoms with Crippen LogP contribution in [0.5, 0.6) is 5.75 Å². The SMILES string of the molecule is CC1(C)C(Nc2c(C(N)=Nc3ccc(O)cc3Cl)cnn3cc(Br)cc23)CC[C@]1(C)N. The molecule has 2 atom stereocenters. The van der Waals surface area contributed by atoms with E-state index in [4.69, 9.17) is 23.1 Å². The van der Waals surface area contributed by atoms with E-state index in [1.165, 1.54) is 12.1 Å². The quantitative estimate of drug-likeness (QED) is 0.300. The Morgan fingerprint density at radius 2 is 2.10 bits per heavy atom. The van der Waals surface area contributed by atoms with Crippen molar-refractivity contribution < 1.29 is 5.11 Å². The Balaban J connectivity index is 1.82. The first-order valence-electron chi connectivity index (χ1n) is 10.0. The molecule has 1 aromatic carbocycles. The van der Waals surface area contributed by atoms with Crippen molar-refractivity contribution >= 4 is 50.3 Å². The van der Waals surface area contributed by atoms with Gasteiger partial charge in [-0.15, -0.1) is 0 Å². The molecule has 0 bridgehead atoms. The molecule has 4 rings (SSSR count). The van der Waals surface area contributed by atoms with E-state index in [1.807, 2.05) is 12.3 Å². The summed E-state index contributed by atoms with van der Waals surface area (Å²) in [5.41, 5.74) is 15.5. The van der Waals surface area contributed by atoms with Crippen LogP contribution in [0.4, 0.5) is 11.4 Å². The third-order valence-electron chi connectivity index (χ3n) is 6.67. The molecule has 1 saturated carbocycles. The molecular formula is C22H26BrClN6O. The second-order valence-corrected chi connectivity index (χ2v) is 10.3. The predicted octanol–water partition coefficient (Wildman–Crippen LogP) is 4.81. The summed E-state index contributed by atoms with van der Waals surface area (Å²) < 4.78 is 2.70. The number of nitrogens with zero attached hydrogens (tertiary/aromatic N) is 3. The maximum Gasteiger partial charge on any atom is 0.135 e. The largest absolute Gasteiger partial charge is 0.508 e. The Hall–Kier alpha value is -2.29. The molecule has 7 nitrogen and oxygen atoms in total. The number of aromatic nitrogens is 2. The number of amidine groups is 1. The fourth-order valence-corrected chi connectivity index (χ4v) is 4.73. The lowest BCUT2D eigenvalue weighted by atomic mass is 9.75. The number of nitrogens with two attached hydrogens (primary N) is 2. The topological polar surface area (TPSA) is 114 Å². The predicted molar refractivity (Wildman–Crippen MR) is 129 cm³/mol. The molecule has 0 saturated heterocycles. The van der Waals surface area contributed by atoms with Crippen LogP contribution in [0.25, 0.3) is 5.52 Å². The summed E-state index contributed by atoms with van der Waals surface area (Å²) in [4.78, 5) is 4.51. The van der Waals surface area contributed by atoms with Gasteiger partial charge >= 0.3 is 0 Å². The molecule has 1 fully saturated rings. The molecule has 1 unspecified atom stereocenters. The van der Waals surface area contributed by atoms with Gasteiger partial charge in [0.2, 0.25) is 0 Å². The molecule has 0 radical (unpaired) electrons. The van der Waals surface area contributed by atoms with Crippen molar-refractivity contribution in [2.24, 2.45) is 21.9 Å².